The lowest BCUT2D eigenvalue weighted by Crippen LogP contribution is -2.43. The van der Waals surface area contributed by atoms with Crippen LogP contribution in [0.25, 0.3) is 11.5 Å². The molecule has 146 valence electrons. The van der Waals surface area contributed by atoms with Gasteiger partial charge in [-0.05, 0) is 31.4 Å². The van der Waals surface area contributed by atoms with Gasteiger partial charge in [-0.3, -0.25) is 14.6 Å². The van der Waals surface area contributed by atoms with E-state index in [1.54, 1.807) is 18.0 Å². The van der Waals surface area contributed by atoms with Gasteiger partial charge in [0.2, 0.25) is 11.8 Å². The molecule has 0 aromatic carbocycles. The number of aromatic nitrogens is 3. The fourth-order valence-corrected chi connectivity index (χ4v) is 3.95. The van der Waals surface area contributed by atoms with E-state index in [1.165, 1.54) is 0 Å². The van der Waals surface area contributed by atoms with Crippen LogP contribution in [-0.2, 0) is 22.6 Å². The van der Waals surface area contributed by atoms with Crippen molar-refractivity contribution in [1.82, 2.24) is 19.9 Å². The number of hydrogen-bond acceptors (Lipinski definition) is 6. The molecule has 2 aliphatic rings. The van der Waals surface area contributed by atoms with Gasteiger partial charge in [0, 0.05) is 38.3 Å². The highest BCUT2D eigenvalue weighted by Crippen LogP contribution is 2.31. The molecule has 0 saturated carbocycles. The molecule has 8 nitrogen and oxygen atoms in total. The number of nitrogens with two attached hydrogens (primary N) is 1. The maximum atomic E-state index is 11.9. The molecule has 1 unspecified atom stereocenters. The molecule has 4 heterocycles. The molecule has 2 amide bonds. The number of carbonyl (C=O) groups is 2. The van der Waals surface area contributed by atoms with Crippen LogP contribution in [0.1, 0.15) is 31.0 Å². The summed E-state index contributed by atoms with van der Waals surface area (Å²) in [6.45, 7) is 4.08. The van der Waals surface area contributed by atoms with Crippen LogP contribution in [0.15, 0.2) is 24.4 Å². The first-order valence-electron chi connectivity index (χ1n) is 9.64. The first-order chi connectivity index (χ1) is 13.5. The van der Waals surface area contributed by atoms with Crippen molar-refractivity contribution in [3.8, 4) is 11.5 Å². The predicted molar refractivity (Wildman–Crippen MR) is 104 cm³/mol. The molecule has 0 bridgehead atoms. The highest BCUT2D eigenvalue weighted by atomic mass is 16.2. The quantitative estimate of drug-likeness (QED) is 0.856. The van der Waals surface area contributed by atoms with E-state index in [4.69, 9.17) is 15.7 Å². The van der Waals surface area contributed by atoms with Crippen LogP contribution in [0.2, 0.25) is 0 Å². The smallest absolute Gasteiger partial charge is 0.222 e. The van der Waals surface area contributed by atoms with Crippen molar-refractivity contribution in [3.05, 3.63) is 35.7 Å². The van der Waals surface area contributed by atoms with Crippen LogP contribution >= 0.6 is 0 Å². The van der Waals surface area contributed by atoms with Gasteiger partial charge in [0.1, 0.15) is 11.5 Å². The monoisotopic (exact) mass is 380 g/mol. The fraction of sp³-hybridized carbons (Fsp3) is 0.450. The molecule has 28 heavy (non-hydrogen) atoms. The summed E-state index contributed by atoms with van der Waals surface area (Å²) >= 11 is 0. The van der Waals surface area contributed by atoms with Gasteiger partial charge in [-0.2, -0.15) is 0 Å². The van der Waals surface area contributed by atoms with E-state index in [0.717, 1.165) is 36.5 Å². The molecule has 1 saturated heterocycles. The summed E-state index contributed by atoms with van der Waals surface area (Å²) in [6.07, 6.45) is 4.11. The molecule has 0 spiro atoms. The van der Waals surface area contributed by atoms with Crippen LogP contribution in [0.4, 0.5) is 5.82 Å². The average Bonchev–Trinajstić information content (AvgIpc) is 2.73. The lowest BCUT2D eigenvalue weighted by molar-refractivity contribution is -0.129. The van der Waals surface area contributed by atoms with E-state index in [9.17, 15) is 9.59 Å². The third kappa shape index (κ3) is 3.54. The first-order valence-corrected chi connectivity index (χ1v) is 9.64. The number of rotatable bonds is 3. The van der Waals surface area contributed by atoms with E-state index in [1.807, 2.05) is 18.2 Å². The number of carbonyl (C=O) groups excluding carboxylic acids is 2. The summed E-state index contributed by atoms with van der Waals surface area (Å²) in [5, 5.41) is 0. The zero-order chi connectivity index (χ0) is 19.7. The Morgan fingerprint density at radius 1 is 1.21 bits per heavy atom. The number of amides is 2. The van der Waals surface area contributed by atoms with Crippen molar-refractivity contribution in [2.75, 3.05) is 24.5 Å². The Morgan fingerprint density at radius 2 is 2.07 bits per heavy atom. The maximum absolute atomic E-state index is 11.9. The van der Waals surface area contributed by atoms with E-state index in [0.29, 0.717) is 37.6 Å². The second-order valence-corrected chi connectivity index (χ2v) is 7.39. The highest BCUT2D eigenvalue weighted by molar-refractivity contribution is 5.78. The number of pyridine rings is 1. The Bertz CT molecular complexity index is 901. The molecular weight excluding hydrogens is 356 g/mol. The van der Waals surface area contributed by atoms with E-state index in [2.05, 4.69) is 9.88 Å². The maximum Gasteiger partial charge on any atom is 0.222 e. The Labute approximate surface area is 163 Å². The Hall–Kier alpha value is -3.03. The molecule has 2 aromatic heterocycles. The first kappa shape index (κ1) is 18.3. The van der Waals surface area contributed by atoms with E-state index < -0.39 is 0 Å². The van der Waals surface area contributed by atoms with Gasteiger partial charge in [-0.25, -0.2) is 9.97 Å². The van der Waals surface area contributed by atoms with E-state index in [-0.39, 0.29) is 17.7 Å². The second-order valence-electron chi connectivity index (χ2n) is 7.39. The molecule has 2 N–H and O–H groups in total. The summed E-state index contributed by atoms with van der Waals surface area (Å²) in [7, 11) is 0. The van der Waals surface area contributed by atoms with Gasteiger partial charge in [-0.1, -0.05) is 6.07 Å². The second kappa shape index (κ2) is 7.53. The summed E-state index contributed by atoms with van der Waals surface area (Å²) < 4.78 is 0. The number of nitrogens with zero attached hydrogens (tertiary/aromatic N) is 5. The minimum Gasteiger partial charge on any atom is -0.369 e. The molecule has 8 heteroatoms. The minimum atomic E-state index is -0.264. The summed E-state index contributed by atoms with van der Waals surface area (Å²) in [5.41, 5.74) is 8.17. The molecule has 0 radical (unpaired) electrons. The predicted octanol–water partition coefficient (Wildman–Crippen LogP) is 1.14. The zero-order valence-electron chi connectivity index (χ0n) is 16.0. The Kier molecular flexibility index (Phi) is 4.93. The number of hydrogen-bond donors (Lipinski definition) is 1. The van der Waals surface area contributed by atoms with Crippen LogP contribution in [0.5, 0.6) is 0 Å². The van der Waals surface area contributed by atoms with Crippen molar-refractivity contribution in [3.63, 3.8) is 0 Å². The highest BCUT2D eigenvalue weighted by Gasteiger charge is 2.30. The summed E-state index contributed by atoms with van der Waals surface area (Å²) in [5.74, 6) is 0.994. The molecule has 1 atom stereocenters. The van der Waals surface area contributed by atoms with Crippen LogP contribution < -0.4 is 10.6 Å². The molecule has 4 rings (SSSR count). The van der Waals surface area contributed by atoms with Crippen molar-refractivity contribution in [1.29, 1.82) is 0 Å². The summed E-state index contributed by atoms with van der Waals surface area (Å²) in [4.78, 5) is 41.5. The Morgan fingerprint density at radius 3 is 2.79 bits per heavy atom. The lowest BCUT2D eigenvalue weighted by Gasteiger charge is -2.36. The number of anilines is 1. The van der Waals surface area contributed by atoms with Gasteiger partial charge in [0.05, 0.1) is 18.2 Å². The van der Waals surface area contributed by atoms with Crippen LogP contribution in [-0.4, -0.2) is 51.3 Å². The third-order valence-electron chi connectivity index (χ3n) is 5.51. The van der Waals surface area contributed by atoms with Gasteiger partial charge >= 0.3 is 0 Å². The van der Waals surface area contributed by atoms with Crippen molar-refractivity contribution in [2.24, 2.45) is 11.7 Å². The number of primary amides is 1. The van der Waals surface area contributed by atoms with Crippen molar-refractivity contribution >= 4 is 17.6 Å². The van der Waals surface area contributed by atoms with E-state index >= 15 is 0 Å². The van der Waals surface area contributed by atoms with Gasteiger partial charge in [0.25, 0.3) is 0 Å². The Balaban J connectivity index is 1.77. The number of piperidine rings is 1. The average molecular weight is 380 g/mol. The lowest BCUT2D eigenvalue weighted by atomic mass is 9.96. The standard InChI is InChI=1S/C20H24N6O2/c1-13(27)25-10-7-15-17(12-25)23-19(16-6-2-3-8-22-16)24-20(15)26-9-4-5-14(11-26)18(21)28/h2-3,6,8,14H,4-5,7,9-12H2,1H3,(H2,21,28). The van der Waals surface area contributed by atoms with Crippen molar-refractivity contribution < 1.29 is 9.59 Å². The normalized spacial score (nSPS) is 19.2. The minimum absolute atomic E-state index is 0.0389. The van der Waals surface area contributed by atoms with Crippen LogP contribution in [0.3, 0.4) is 0 Å². The zero-order valence-corrected chi connectivity index (χ0v) is 16.0. The molecule has 1 fully saturated rings. The summed E-state index contributed by atoms with van der Waals surface area (Å²) in [6, 6.07) is 5.62. The van der Waals surface area contributed by atoms with Crippen LogP contribution in [0, 0.1) is 5.92 Å². The van der Waals surface area contributed by atoms with Gasteiger partial charge in [0.15, 0.2) is 5.82 Å². The van der Waals surface area contributed by atoms with Gasteiger partial charge < -0.3 is 15.5 Å². The third-order valence-corrected chi connectivity index (χ3v) is 5.51. The SMILES string of the molecule is CC(=O)N1CCc2c(nc(-c3ccccn3)nc2N2CCCC(C(N)=O)C2)C1. The topological polar surface area (TPSA) is 105 Å². The number of fused-ring (bicyclic) bond motifs is 1. The molecule has 0 aliphatic carbocycles. The largest absolute Gasteiger partial charge is 0.369 e. The molecule has 2 aromatic rings. The van der Waals surface area contributed by atoms with Gasteiger partial charge in [-0.15, -0.1) is 0 Å². The molecular formula is C20H24N6O2. The van der Waals surface area contributed by atoms with Crippen molar-refractivity contribution in [2.45, 2.75) is 32.7 Å². The molecule has 2 aliphatic heterocycles. The fourth-order valence-electron chi connectivity index (χ4n) is 3.95.